The Morgan fingerprint density at radius 1 is 1.03 bits per heavy atom. The van der Waals surface area contributed by atoms with Gasteiger partial charge in [-0.15, -0.1) is 6.04 Å². The molecule has 0 aromatic heterocycles. The van der Waals surface area contributed by atoms with E-state index in [0.717, 1.165) is 17.5 Å². The molecule has 0 amide bonds. The summed E-state index contributed by atoms with van der Waals surface area (Å²) >= 11 is 0. The molecule has 1 saturated heterocycles. The maximum atomic E-state index is 10.8. The van der Waals surface area contributed by atoms with E-state index in [9.17, 15) is 19.8 Å². The number of carboxylic acids is 2. The molecule has 3 fully saturated rings. The van der Waals surface area contributed by atoms with Gasteiger partial charge in [-0.3, -0.25) is 4.90 Å². The zero-order valence-electron chi connectivity index (χ0n) is 19.4. The number of hydrogen-bond donors (Lipinski definition) is 0. The van der Waals surface area contributed by atoms with Crippen molar-refractivity contribution in [2.45, 2.75) is 89.4 Å². The van der Waals surface area contributed by atoms with Crippen molar-refractivity contribution in [3.63, 3.8) is 0 Å². The van der Waals surface area contributed by atoms with E-state index in [2.05, 4.69) is 0 Å². The van der Waals surface area contributed by atoms with Crippen molar-refractivity contribution >= 4 is 11.9 Å². The first-order valence-electron chi connectivity index (χ1n) is 11.9. The Hall–Kier alpha value is -1.27. The zero-order valence-corrected chi connectivity index (χ0v) is 21.6. The number of carbonyl (C=O) groups is 2. The monoisotopic (exact) mass is 636 g/mol. The standard InChI is InChI=1S/C13H15NO4.C12H22N2.Pt/c1-9-3-2-4-10(5-9)6-14-7-13(8-14,11(15)16)12(17)18;13-11-8-4-5-9-12(11)14-10-6-2-1-3-7-10;/h2-5H,6-8H2,1H3,(H,15,16)(H,17,18);10-13H,1-9H2;/q;-2;+4/p-2/t;11-,12-;/m.1./s1. The first-order valence-corrected chi connectivity index (χ1v) is 11.9. The maximum Gasteiger partial charge on any atom is 4.00 e. The predicted molar refractivity (Wildman–Crippen MR) is 120 cm³/mol. The number of nitrogens with zero attached hydrogens (tertiary/aromatic N) is 2. The molecule has 184 valence electrons. The Morgan fingerprint density at radius 2 is 1.64 bits per heavy atom. The molecule has 1 aromatic rings. The summed E-state index contributed by atoms with van der Waals surface area (Å²) in [7, 11) is 0. The molecule has 2 aliphatic carbocycles. The van der Waals surface area contributed by atoms with Crippen molar-refractivity contribution in [1.29, 1.82) is 0 Å². The van der Waals surface area contributed by atoms with Gasteiger partial charge < -0.3 is 30.9 Å². The first kappa shape index (κ1) is 28.0. The van der Waals surface area contributed by atoms with Crippen LogP contribution in [0, 0.1) is 12.3 Å². The van der Waals surface area contributed by atoms with Gasteiger partial charge >= 0.3 is 21.1 Å². The number of rotatable bonds is 6. The van der Waals surface area contributed by atoms with Gasteiger partial charge in [0.15, 0.2) is 0 Å². The molecule has 7 nitrogen and oxygen atoms in total. The summed E-state index contributed by atoms with van der Waals surface area (Å²) in [5.74, 6) is -3.13. The number of carboxylic acid groups (broad SMARTS) is 2. The van der Waals surface area contributed by atoms with Gasteiger partial charge in [0.2, 0.25) is 0 Å². The molecule has 0 bridgehead atoms. The van der Waals surface area contributed by atoms with Crippen molar-refractivity contribution in [3.05, 3.63) is 46.4 Å². The van der Waals surface area contributed by atoms with E-state index in [0.29, 0.717) is 18.6 Å². The molecule has 2 atom stereocenters. The minimum absolute atomic E-state index is 0. The SMILES string of the molecule is Cc1cccc(CN2CC(C(=O)[O-])(C(=O)[O-])C2)c1.[NH-][C@@H]1CCCC[C@H]1[N-]C1CCCCC1.[Pt+4]. The van der Waals surface area contributed by atoms with Crippen molar-refractivity contribution in [2.24, 2.45) is 5.41 Å². The largest absolute Gasteiger partial charge is 4.00 e. The molecular formula is C25H35N3O4Pt. The van der Waals surface area contributed by atoms with Gasteiger partial charge in [-0.25, -0.2) is 0 Å². The quantitative estimate of drug-likeness (QED) is 0.444. The summed E-state index contributed by atoms with van der Waals surface area (Å²) in [5.41, 5.74) is 8.25. The average molecular weight is 637 g/mol. The second kappa shape index (κ2) is 13.0. The van der Waals surface area contributed by atoms with Crippen LogP contribution in [-0.2, 0) is 37.2 Å². The van der Waals surface area contributed by atoms with Crippen LogP contribution >= 0.6 is 0 Å². The van der Waals surface area contributed by atoms with Crippen molar-refractivity contribution in [2.75, 3.05) is 13.1 Å². The summed E-state index contributed by atoms with van der Waals surface area (Å²) in [6.07, 6.45) is 11.5. The third-order valence-corrected chi connectivity index (χ3v) is 6.96. The van der Waals surface area contributed by atoms with E-state index >= 15 is 0 Å². The molecular weight excluding hydrogens is 601 g/mol. The molecule has 1 N–H and O–H groups in total. The van der Waals surface area contributed by atoms with Crippen LogP contribution < -0.4 is 10.2 Å². The van der Waals surface area contributed by atoms with Crippen molar-refractivity contribution in [3.8, 4) is 0 Å². The fraction of sp³-hybridized carbons (Fsp3) is 0.680. The third-order valence-electron chi connectivity index (χ3n) is 6.96. The Morgan fingerprint density at radius 3 is 2.21 bits per heavy atom. The number of nitrogens with one attached hydrogen (secondary N) is 1. The fourth-order valence-electron chi connectivity index (χ4n) is 5.03. The van der Waals surface area contributed by atoms with Gasteiger partial charge in [-0.05, 0) is 12.5 Å². The van der Waals surface area contributed by atoms with Gasteiger partial charge in [-0.1, -0.05) is 87.6 Å². The summed E-state index contributed by atoms with van der Waals surface area (Å²) in [5, 5.41) is 26.6. The maximum absolute atomic E-state index is 10.8. The van der Waals surface area contributed by atoms with Crippen LogP contribution in [0.15, 0.2) is 24.3 Å². The third kappa shape index (κ3) is 7.61. The van der Waals surface area contributed by atoms with E-state index in [4.69, 9.17) is 11.1 Å². The molecule has 0 unspecified atom stereocenters. The van der Waals surface area contributed by atoms with Crippen LogP contribution in [0.5, 0.6) is 0 Å². The first-order chi connectivity index (χ1) is 15.3. The van der Waals surface area contributed by atoms with Crippen molar-refractivity contribution < 1.29 is 40.9 Å². The Balaban J connectivity index is 0.000000233. The number of likely N-dealkylation sites (tertiary alicyclic amines) is 1. The smallest absolute Gasteiger partial charge is 0.676 e. The van der Waals surface area contributed by atoms with Gasteiger partial charge in [0.1, 0.15) is 0 Å². The second-order valence-electron chi connectivity index (χ2n) is 9.69. The van der Waals surface area contributed by atoms with E-state index < -0.39 is 17.4 Å². The van der Waals surface area contributed by atoms with Gasteiger partial charge in [0.25, 0.3) is 0 Å². The molecule has 8 heteroatoms. The van der Waals surface area contributed by atoms with Gasteiger partial charge in [0, 0.05) is 19.6 Å². The number of hydrogen-bond acceptors (Lipinski definition) is 5. The van der Waals surface area contributed by atoms with Crippen LogP contribution in [0.4, 0.5) is 0 Å². The number of aryl methyl sites for hydroxylation is 1. The number of benzene rings is 1. The molecule has 3 aliphatic rings. The minimum atomic E-state index is -1.84. The molecule has 0 radical (unpaired) electrons. The van der Waals surface area contributed by atoms with Crippen molar-refractivity contribution in [1.82, 2.24) is 4.90 Å². The van der Waals surface area contributed by atoms with Gasteiger partial charge in [-0.2, -0.15) is 12.1 Å². The van der Waals surface area contributed by atoms with Crippen LogP contribution in [0.3, 0.4) is 0 Å². The Labute approximate surface area is 211 Å². The van der Waals surface area contributed by atoms with Gasteiger partial charge in [0.05, 0.1) is 17.4 Å². The van der Waals surface area contributed by atoms with E-state index in [1.807, 2.05) is 31.2 Å². The molecule has 0 spiro atoms. The summed E-state index contributed by atoms with van der Waals surface area (Å²) in [6.45, 7) is 2.37. The fourth-order valence-corrected chi connectivity index (χ4v) is 5.03. The number of carbonyl (C=O) groups excluding carboxylic acids is 2. The molecule has 1 aliphatic heterocycles. The topological polar surface area (TPSA) is 121 Å². The van der Waals surface area contributed by atoms with Crippen LogP contribution in [0.1, 0.15) is 68.9 Å². The minimum Gasteiger partial charge on any atom is -0.676 e. The van der Waals surface area contributed by atoms with Crippen LogP contribution in [0.25, 0.3) is 11.1 Å². The normalized spacial score (nSPS) is 25.0. The molecule has 4 rings (SSSR count). The second-order valence-corrected chi connectivity index (χ2v) is 9.69. The van der Waals surface area contributed by atoms with E-state index in [-0.39, 0.29) is 40.2 Å². The Kier molecular flexibility index (Phi) is 11.0. The summed E-state index contributed by atoms with van der Waals surface area (Å²) in [6, 6.07) is 8.89. The summed E-state index contributed by atoms with van der Waals surface area (Å²) < 4.78 is 0. The zero-order chi connectivity index (χ0) is 23.1. The van der Waals surface area contributed by atoms with Crippen LogP contribution in [-0.4, -0.2) is 48.1 Å². The van der Waals surface area contributed by atoms with Crippen LogP contribution in [0.2, 0.25) is 0 Å². The Bertz CT molecular complexity index is 763. The predicted octanol–water partition coefficient (Wildman–Crippen LogP) is 2.35. The molecule has 2 saturated carbocycles. The molecule has 1 heterocycles. The van der Waals surface area contributed by atoms with E-state index in [1.165, 1.54) is 51.4 Å². The average Bonchev–Trinajstić information content (AvgIpc) is 2.73. The summed E-state index contributed by atoms with van der Waals surface area (Å²) in [4.78, 5) is 23.4. The molecule has 1 aromatic carbocycles. The number of aliphatic carboxylic acids is 2. The molecule has 33 heavy (non-hydrogen) atoms. The van der Waals surface area contributed by atoms with E-state index in [1.54, 1.807) is 4.90 Å².